The number of hydrogen-bond acceptors (Lipinski definition) is 9. The Morgan fingerprint density at radius 3 is 2.33 bits per heavy atom. The molecule has 2 amide bonds. The summed E-state index contributed by atoms with van der Waals surface area (Å²) in [6.45, 7) is 1.88. The van der Waals surface area contributed by atoms with Gasteiger partial charge in [-0.25, -0.2) is 4.68 Å². The van der Waals surface area contributed by atoms with E-state index in [4.69, 9.17) is 18.6 Å². The molecule has 2 aromatic heterocycles. The summed E-state index contributed by atoms with van der Waals surface area (Å²) in [6, 6.07) is 10.8. The lowest BCUT2D eigenvalue weighted by atomic mass is 9.94. The lowest BCUT2D eigenvalue weighted by molar-refractivity contribution is -0.123. The molecule has 1 aliphatic carbocycles. The summed E-state index contributed by atoms with van der Waals surface area (Å²) in [5.74, 6) is 0.349. The van der Waals surface area contributed by atoms with Crippen molar-refractivity contribution in [3.8, 4) is 22.9 Å². The molecule has 12 heteroatoms. The number of ether oxygens (including phenoxy) is 3. The predicted molar refractivity (Wildman–Crippen MR) is 153 cm³/mol. The van der Waals surface area contributed by atoms with Crippen molar-refractivity contribution < 1.29 is 28.2 Å². The molecule has 5 rings (SSSR count). The predicted octanol–water partition coefficient (Wildman–Crippen LogP) is 4.43. The van der Waals surface area contributed by atoms with Crippen molar-refractivity contribution in [1.29, 1.82) is 0 Å². The highest BCUT2D eigenvalue weighted by Gasteiger charge is 2.37. The molecule has 220 valence electrons. The molecule has 1 atom stereocenters. The van der Waals surface area contributed by atoms with Crippen LogP contribution in [-0.2, 0) is 4.79 Å². The van der Waals surface area contributed by atoms with E-state index in [1.807, 2.05) is 13.0 Å². The Balaban J connectivity index is 1.68. The zero-order chi connectivity index (χ0) is 29.6. The number of tetrazole rings is 1. The summed E-state index contributed by atoms with van der Waals surface area (Å²) in [5.41, 5.74) is 2.46. The molecule has 2 aromatic carbocycles. The zero-order valence-electron chi connectivity index (χ0n) is 24.1. The van der Waals surface area contributed by atoms with E-state index in [2.05, 4.69) is 20.8 Å². The van der Waals surface area contributed by atoms with E-state index in [1.165, 1.54) is 43.5 Å². The minimum absolute atomic E-state index is 0.000261. The first-order valence-corrected chi connectivity index (χ1v) is 13.8. The van der Waals surface area contributed by atoms with Gasteiger partial charge in [-0.15, -0.1) is 5.10 Å². The number of carbonyl (C=O) groups excluding carboxylic acids is 2. The first-order valence-electron chi connectivity index (χ1n) is 13.8. The van der Waals surface area contributed by atoms with E-state index in [9.17, 15) is 9.59 Å². The Labute approximate surface area is 243 Å². The van der Waals surface area contributed by atoms with Gasteiger partial charge in [-0.05, 0) is 83.8 Å². The van der Waals surface area contributed by atoms with Gasteiger partial charge in [0.2, 0.25) is 11.7 Å². The largest absolute Gasteiger partial charge is 0.493 e. The summed E-state index contributed by atoms with van der Waals surface area (Å²) in [5, 5.41) is 14.6. The van der Waals surface area contributed by atoms with Crippen LogP contribution in [0, 0.1) is 6.92 Å². The third kappa shape index (κ3) is 5.78. The van der Waals surface area contributed by atoms with Gasteiger partial charge in [0.25, 0.3) is 5.91 Å². The van der Waals surface area contributed by atoms with Gasteiger partial charge < -0.3 is 23.9 Å². The lowest BCUT2D eigenvalue weighted by Crippen LogP contribution is -2.47. The number of rotatable bonds is 10. The van der Waals surface area contributed by atoms with Crippen LogP contribution in [0.2, 0.25) is 0 Å². The van der Waals surface area contributed by atoms with Crippen molar-refractivity contribution in [2.75, 3.05) is 26.2 Å². The maximum Gasteiger partial charge on any atom is 0.294 e. The van der Waals surface area contributed by atoms with E-state index >= 15 is 0 Å². The van der Waals surface area contributed by atoms with Crippen LogP contribution in [0.15, 0.2) is 59.5 Å². The number of methoxy groups -OCH3 is 3. The molecule has 2 heterocycles. The number of aryl methyl sites for hydroxylation is 1. The SMILES string of the molecule is COc1cc([C@@H](C(=O)NC2CCCCC2)N(C(=O)c2ccco2)c2ccc(-n3cnnn3)c(C)c2)cc(OC)c1OC. The van der Waals surface area contributed by atoms with Crippen molar-refractivity contribution in [3.05, 3.63) is 71.9 Å². The van der Waals surface area contributed by atoms with Gasteiger partial charge in [-0.3, -0.25) is 14.5 Å². The monoisotopic (exact) mass is 574 g/mol. The van der Waals surface area contributed by atoms with Gasteiger partial charge >= 0.3 is 0 Å². The number of aromatic nitrogens is 4. The summed E-state index contributed by atoms with van der Waals surface area (Å²) in [6.07, 6.45) is 7.87. The number of nitrogens with one attached hydrogen (secondary N) is 1. The Hall–Kier alpha value is -4.87. The highest BCUT2D eigenvalue weighted by molar-refractivity contribution is 6.09. The van der Waals surface area contributed by atoms with Crippen LogP contribution in [0.4, 0.5) is 5.69 Å². The van der Waals surface area contributed by atoms with Gasteiger partial charge in [-0.1, -0.05) is 19.3 Å². The van der Waals surface area contributed by atoms with Crippen LogP contribution in [-0.4, -0.2) is 59.4 Å². The number of benzene rings is 2. The van der Waals surface area contributed by atoms with Crippen molar-refractivity contribution in [2.24, 2.45) is 0 Å². The number of carbonyl (C=O) groups is 2. The second kappa shape index (κ2) is 12.8. The molecule has 1 aliphatic rings. The summed E-state index contributed by atoms with van der Waals surface area (Å²) < 4.78 is 23.8. The van der Waals surface area contributed by atoms with Crippen LogP contribution in [0.1, 0.15) is 59.8 Å². The number of furan rings is 1. The molecular weight excluding hydrogens is 540 g/mol. The number of nitrogens with zero attached hydrogens (tertiary/aromatic N) is 5. The third-order valence-electron chi connectivity index (χ3n) is 7.47. The Morgan fingerprint density at radius 1 is 1.02 bits per heavy atom. The van der Waals surface area contributed by atoms with E-state index in [-0.39, 0.29) is 17.7 Å². The molecule has 4 aromatic rings. The van der Waals surface area contributed by atoms with Crippen molar-refractivity contribution in [3.63, 3.8) is 0 Å². The standard InChI is InChI=1S/C30H34N6O6/c1-19-15-22(12-13-23(19)35-18-31-33-34-35)36(30(38)24-11-8-14-42-24)27(29(37)32-21-9-6-5-7-10-21)20-16-25(39-2)28(41-4)26(17-20)40-3/h8,11-18,21,27H,5-7,9-10H2,1-4H3,(H,32,37)/t27-/m0/s1. The van der Waals surface area contributed by atoms with Gasteiger partial charge in [0.05, 0.1) is 33.3 Å². The van der Waals surface area contributed by atoms with Gasteiger partial charge in [-0.2, -0.15) is 0 Å². The normalized spacial score (nSPS) is 14.2. The number of amides is 2. The van der Waals surface area contributed by atoms with E-state index < -0.39 is 11.9 Å². The minimum Gasteiger partial charge on any atom is -0.493 e. The van der Waals surface area contributed by atoms with Crippen LogP contribution in [0.5, 0.6) is 17.2 Å². The van der Waals surface area contributed by atoms with Crippen LogP contribution < -0.4 is 24.4 Å². The summed E-state index contributed by atoms with van der Waals surface area (Å²) >= 11 is 0. The average molecular weight is 575 g/mol. The smallest absolute Gasteiger partial charge is 0.294 e. The molecule has 0 radical (unpaired) electrons. The van der Waals surface area contributed by atoms with E-state index in [0.717, 1.165) is 43.4 Å². The zero-order valence-corrected chi connectivity index (χ0v) is 24.1. The van der Waals surface area contributed by atoms with Crippen molar-refractivity contribution in [1.82, 2.24) is 25.5 Å². The third-order valence-corrected chi connectivity index (χ3v) is 7.47. The first-order chi connectivity index (χ1) is 20.4. The summed E-state index contributed by atoms with van der Waals surface area (Å²) in [7, 11) is 4.52. The molecule has 1 N–H and O–H groups in total. The molecule has 0 spiro atoms. The molecule has 1 fully saturated rings. The molecule has 0 aliphatic heterocycles. The van der Waals surface area contributed by atoms with Gasteiger partial charge in [0.15, 0.2) is 17.3 Å². The van der Waals surface area contributed by atoms with Crippen LogP contribution in [0.25, 0.3) is 5.69 Å². The van der Waals surface area contributed by atoms with Gasteiger partial charge in [0, 0.05) is 11.7 Å². The number of anilines is 1. The second-order valence-corrected chi connectivity index (χ2v) is 10.1. The topological polar surface area (TPSA) is 134 Å². The Kier molecular flexibility index (Phi) is 8.70. The van der Waals surface area contributed by atoms with Crippen molar-refractivity contribution in [2.45, 2.75) is 51.1 Å². The summed E-state index contributed by atoms with van der Waals surface area (Å²) in [4.78, 5) is 30.0. The van der Waals surface area contributed by atoms with E-state index in [1.54, 1.807) is 36.4 Å². The Bertz CT molecular complexity index is 1490. The highest BCUT2D eigenvalue weighted by Crippen LogP contribution is 2.42. The molecular formula is C30H34N6O6. The van der Waals surface area contributed by atoms with E-state index in [0.29, 0.717) is 28.5 Å². The maximum absolute atomic E-state index is 14.3. The van der Waals surface area contributed by atoms with Crippen LogP contribution >= 0.6 is 0 Å². The fourth-order valence-corrected chi connectivity index (χ4v) is 5.42. The molecule has 12 nitrogen and oxygen atoms in total. The van der Waals surface area contributed by atoms with Crippen LogP contribution in [0.3, 0.4) is 0 Å². The number of hydrogen-bond donors (Lipinski definition) is 1. The fraction of sp³-hybridized carbons (Fsp3) is 0.367. The quantitative estimate of drug-likeness (QED) is 0.292. The first kappa shape index (κ1) is 28.7. The van der Waals surface area contributed by atoms with Gasteiger partial charge in [0.1, 0.15) is 12.4 Å². The second-order valence-electron chi connectivity index (χ2n) is 10.1. The molecule has 1 saturated carbocycles. The Morgan fingerprint density at radius 2 is 1.76 bits per heavy atom. The van der Waals surface area contributed by atoms with Crippen molar-refractivity contribution >= 4 is 17.5 Å². The fourth-order valence-electron chi connectivity index (χ4n) is 5.42. The highest BCUT2D eigenvalue weighted by atomic mass is 16.5. The molecule has 0 bridgehead atoms. The molecule has 0 saturated heterocycles. The maximum atomic E-state index is 14.3. The minimum atomic E-state index is -1.11. The molecule has 42 heavy (non-hydrogen) atoms. The average Bonchev–Trinajstić information content (AvgIpc) is 3.74. The molecule has 0 unspecified atom stereocenters. The lowest BCUT2D eigenvalue weighted by Gasteiger charge is -2.33.